The number of imidazole rings is 1. The molecule has 2 aromatic rings. The second-order valence-electron chi connectivity index (χ2n) is 2.75. The number of hydrogen-bond acceptors (Lipinski definition) is 4. The van der Waals surface area contributed by atoms with Crippen LogP contribution in [0.4, 0.5) is 11.6 Å². The molecule has 0 spiro atoms. The van der Waals surface area contributed by atoms with Gasteiger partial charge in [0.15, 0.2) is 5.82 Å². The molecule has 0 aromatic carbocycles. The summed E-state index contributed by atoms with van der Waals surface area (Å²) in [5.74, 6) is 0.535. The van der Waals surface area contributed by atoms with Crippen LogP contribution in [0.2, 0.25) is 5.02 Å². The molecule has 0 fully saturated rings. The van der Waals surface area contributed by atoms with Gasteiger partial charge < -0.3 is 16.0 Å². The lowest BCUT2D eigenvalue weighted by atomic mass is 10.3. The molecule has 0 atom stereocenters. The quantitative estimate of drug-likeness (QED) is 0.654. The molecule has 2 aromatic heterocycles. The minimum Gasteiger partial charge on any atom is -0.382 e. The second-order valence-corrected chi connectivity index (χ2v) is 3.13. The van der Waals surface area contributed by atoms with Gasteiger partial charge in [0.1, 0.15) is 16.4 Å². The molecule has 0 bridgehead atoms. The van der Waals surface area contributed by atoms with Crippen molar-refractivity contribution in [2.45, 2.75) is 0 Å². The predicted molar refractivity (Wildman–Crippen MR) is 52.3 cm³/mol. The monoisotopic (exact) mass is 197 g/mol. The van der Waals surface area contributed by atoms with E-state index in [0.717, 1.165) is 0 Å². The molecule has 0 aliphatic rings. The molecule has 0 saturated carbocycles. The van der Waals surface area contributed by atoms with E-state index in [9.17, 15) is 0 Å². The van der Waals surface area contributed by atoms with E-state index in [0.29, 0.717) is 21.9 Å². The van der Waals surface area contributed by atoms with Crippen LogP contribution in [-0.4, -0.2) is 14.5 Å². The van der Waals surface area contributed by atoms with E-state index in [4.69, 9.17) is 23.1 Å². The summed E-state index contributed by atoms with van der Waals surface area (Å²) in [4.78, 5) is 7.92. The summed E-state index contributed by atoms with van der Waals surface area (Å²) in [6, 6.07) is 0. The molecule has 5 nitrogen and oxygen atoms in total. The van der Waals surface area contributed by atoms with E-state index < -0.39 is 0 Å². The number of nitrogens with zero attached hydrogens (tertiary/aromatic N) is 3. The number of nitrogens with two attached hydrogens (primary N) is 2. The van der Waals surface area contributed by atoms with Crippen molar-refractivity contribution in [1.29, 1.82) is 0 Å². The molecule has 2 rings (SSSR count). The first-order valence-corrected chi connectivity index (χ1v) is 4.00. The normalized spacial score (nSPS) is 10.9. The Labute approximate surface area is 79.3 Å². The van der Waals surface area contributed by atoms with Crippen LogP contribution in [-0.2, 0) is 7.05 Å². The standard InChI is InChI=1S/C7H8ClN5/c1-13-2-11-4-5(13)3(8)6(9)12-7(4)10/h2H,1H3,(H4,9,10,12). The molecule has 0 amide bonds. The first-order chi connectivity index (χ1) is 6.11. The van der Waals surface area contributed by atoms with Gasteiger partial charge >= 0.3 is 0 Å². The van der Waals surface area contributed by atoms with E-state index in [-0.39, 0.29) is 5.82 Å². The molecule has 13 heavy (non-hydrogen) atoms. The summed E-state index contributed by atoms with van der Waals surface area (Å²) in [5.41, 5.74) is 12.5. The lowest BCUT2D eigenvalue weighted by Gasteiger charge is -2.02. The molecular weight excluding hydrogens is 190 g/mol. The van der Waals surface area contributed by atoms with E-state index in [1.165, 1.54) is 0 Å². The van der Waals surface area contributed by atoms with Gasteiger partial charge in [-0.1, -0.05) is 11.6 Å². The maximum absolute atomic E-state index is 5.94. The number of fused-ring (bicyclic) bond motifs is 1. The van der Waals surface area contributed by atoms with Crippen molar-refractivity contribution in [2.75, 3.05) is 11.5 Å². The molecule has 0 unspecified atom stereocenters. The van der Waals surface area contributed by atoms with Gasteiger partial charge in [-0.25, -0.2) is 9.97 Å². The molecule has 0 aliphatic heterocycles. The van der Waals surface area contributed by atoms with Crippen LogP contribution in [0, 0.1) is 0 Å². The lowest BCUT2D eigenvalue weighted by molar-refractivity contribution is 0.947. The molecular formula is C7H8ClN5. The van der Waals surface area contributed by atoms with Crippen molar-refractivity contribution in [3.8, 4) is 0 Å². The van der Waals surface area contributed by atoms with Crippen LogP contribution >= 0.6 is 11.6 Å². The number of pyridine rings is 1. The number of aryl methyl sites for hydroxylation is 1. The maximum atomic E-state index is 5.94. The van der Waals surface area contributed by atoms with Gasteiger partial charge in [0, 0.05) is 7.05 Å². The Morgan fingerprint density at radius 1 is 1.38 bits per heavy atom. The summed E-state index contributed by atoms with van der Waals surface area (Å²) in [5, 5.41) is 0.393. The third-order valence-corrected chi connectivity index (χ3v) is 2.23. The summed E-state index contributed by atoms with van der Waals surface area (Å²) >= 11 is 5.94. The number of rotatable bonds is 0. The van der Waals surface area contributed by atoms with E-state index in [1.54, 1.807) is 10.9 Å². The maximum Gasteiger partial charge on any atom is 0.154 e. The Balaban J connectivity index is 3.00. The number of aromatic nitrogens is 3. The zero-order chi connectivity index (χ0) is 9.59. The molecule has 0 saturated heterocycles. The fraction of sp³-hybridized carbons (Fsp3) is 0.143. The van der Waals surface area contributed by atoms with Crippen molar-refractivity contribution in [2.24, 2.45) is 7.05 Å². The van der Waals surface area contributed by atoms with Gasteiger partial charge in [-0.3, -0.25) is 0 Å². The number of hydrogen-bond donors (Lipinski definition) is 2. The third-order valence-electron chi connectivity index (χ3n) is 1.85. The fourth-order valence-corrected chi connectivity index (χ4v) is 1.49. The van der Waals surface area contributed by atoms with Gasteiger partial charge in [0.2, 0.25) is 0 Å². The number of halogens is 1. The SMILES string of the molecule is Cn1cnc2c(N)nc(N)c(Cl)c21. The Morgan fingerprint density at radius 3 is 2.77 bits per heavy atom. The van der Waals surface area contributed by atoms with Crippen LogP contribution in [0.3, 0.4) is 0 Å². The average molecular weight is 198 g/mol. The second kappa shape index (κ2) is 2.50. The van der Waals surface area contributed by atoms with Gasteiger partial charge in [0.25, 0.3) is 0 Å². The summed E-state index contributed by atoms with van der Waals surface area (Å²) in [7, 11) is 1.82. The molecule has 0 radical (unpaired) electrons. The van der Waals surface area contributed by atoms with E-state index >= 15 is 0 Å². The first kappa shape index (κ1) is 8.12. The average Bonchev–Trinajstić information content (AvgIpc) is 2.44. The Hall–Kier alpha value is -1.49. The van der Waals surface area contributed by atoms with Gasteiger partial charge in [0.05, 0.1) is 11.8 Å². The third kappa shape index (κ3) is 1.01. The van der Waals surface area contributed by atoms with E-state index in [1.807, 2.05) is 7.05 Å². The highest BCUT2D eigenvalue weighted by Crippen LogP contribution is 2.29. The molecule has 2 heterocycles. The molecule has 6 heteroatoms. The van der Waals surface area contributed by atoms with Crippen molar-refractivity contribution >= 4 is 34.3 Å². The smallest absolute Gasteiger partial charge is 0.154 e. The molecule has 68 valence electrons. The zero-order valence-corrected chi connectivity index (χ0v) is 7.71. The van der Waals surface area contributed by atoms with Crippen LogP contribution in [0.25, 0.3) is 11.0 Å². The highest BCUT2D eigenvalue weighted by Gasteiger charge is 2.12. The Morgan fingerprint density at radius 2 is 2.08 bits per heavy atom. The Bertz CT molecular complexity index is 475. The summed E-state index contributed by atoms with van der Waals surface area (Å²) < 4.78 is 1.76. The molecule has 0 aliphatic carbocycles. The van der Waals surface area contributed by atoms with Crippen LogP contribution in [0.1, 0.15) is 0 Å². The summed E-state index contributed by atoms with van der Waals surface area (Å²) in [6.07, 6.45) is 1.62. The Kier molecular flexibility index (Phi) is 1.56. The van der Waals surface area contributed by atoms with Crippen LogP contribution in [0.5, 0.6) is 0 Å². The lowest BCUT2D eigenvalue weighted by Crippen LogP contribution is -1.99. The van der Waals surface area contributed by atoms with Gasteiger partial charge in [-0.2, -0.15) is 0 Å². The van der Waals surface area contributed by atoms with Gasteiger partial charge in [-0.15, -0.1) is 0 Å². The van der Waals surface area contributed by atoms with Crippen molar-refractivity contribution in [3.05, 3.63) is 11.3 Å². The van der Waals surface area contributed by atoms with Crippen molar-refractivity contribution in [3.63, 3.8) is 0 Å². The highest BCUT2D eigenvalue weighted by molar-refractivity contribution is 6.37. The van der Waals surface area contributed by atoms with E-state index in [2.05, 4.69) is 9.97 Å². The van der Waals surface area contributed by atoms with Crippen molar-refractivity contribution in [1.82, 2.24) is 14.5 Å². The van der Waals surface area contributed by atoms with Crippen molar-refractivity contribution < 1.29 is 0 Å². The zero-order valence-electron chi connectivity index (χ0n) is 6.95. The number of nitrogen functional groups attached to an aromatic ring is 2. The van der Waals surface area contributed by atoms with Gasteiger partial charge in [-0.05, 0) is 0 Å². The minimum atomic E-state index is 0.232. The largest absolute Gasteiger partial charge is 0.382 e. The first-order valence-electron chi connectivity index (χ1n) is 3.62. The highest BCUT2D eigenvalue weighted by atomic mass is 35.5. The van der Waals surface area contributed by atoms with Crippen LogP contribution in [0.15, 0.2) is 6.33 Å². The number of anilines is 2. The predicted octanol–water partition coefficient (Wildman–Crippen LogP) is 0.786. The van der Waals surface area contributed by atoms with Crippen LogP contribution < -0.4 is 11.5 Å². The minimum absolute atomic E-state index is 0.232. The summed E-state index contributed by atoms with van der Waals surface area (Å²) in [6.45, 7) is 0. The fourth-order valence-electron chi connectivity index (χ4n) is 1.23. The topological polar surface area (TPSA) is 82.8 Å². The molecule has 4 N–H and O–H groups in total.